The van der Waals surface area contributed by atoms with Crippen LogP contribution >= 0.6 is 0 Å². The number of carbonyl (C=O) groups is 1. The first-order valence-corrected chi connectivity index (χ1v) is 9.11. The lowest BCUT2D eigenvalue weighted by atomic mass is 9.94. The standard InChI is InChI=1S/C25H18NO/c27-24(17-26-14-13-18-7-1-2-10-21(18)16-26)25-22-11-5-3-8-19(22)15-20-9-4-6-12-23(20)25/h1-16H,17H2/q+1. The Morgan fingerprint density at radius 1 is 0.667 bits per heavy atom. The predicted octanol–water partition coefficient (Wildman–Crippen LogP) is 5.32. The minimum absolute atomic E-state index is 0.128. The van der Waals surface area contributed by atoms with Crippen LogP contribution in [0.4, 0.5) is 0 Å². The van der Waals surface area contributed by atoms with E-state index >= 15 is 0 Å². The molecule has 0 spiro atoms. The molecule has 0 radical (unpaired) electrons. The Morgan fingerprint density at radius 2 is 1.22 bits per heavy atom. The molecule has 0 aliphatic rings. The lowest BCUT2D eigenvalue weighted by Crippen LogP contribution is -2.37. The van der Waals surface area contributed by atoms with Gasteiger partial charge in [-0.3, -0.25) is 4.79 Å². The molecule has 0 amide bonds. The van der Waals surface area contributed by atoms with Crippen LogP contribution in [0.2, 0.25) is 0 Å². The average Bonchev–Trinajstić information content (AvgIpc) is 2.71. The van der Waals surface area contributed by atoms with E-state index in [2.05, 4.69) is 36.4 Å². The lowest BCUT2D eigenvalue weighted by Gasteiger charge is -2.09. The molecule has 0 fully saturated rings. The van der Waals surface area contributed by atoms with E-state index in [0.717, 1.165) is 32.5 Å². The van der Waals surface area contributed by atoms with Crippen molar-refractivity contribution in [2.24, 2.45) is 0 Å². The van der Waals surface area contributed by atoms with Crippen molar-refractivity contribution >= 4 is 38.1 Å². The van der Waals surface area contributed by atoms with Crippen molar-refractivity contribution in [3.63, 3.8) is 0 Å². The molecule has 0 bridgehead atoms. The lowest BCUT2D eigenvalue weighted by molar-refractivity contribution is -0.681. The van der Waals surface area contributed by atoms with E-state index in [9.17, 15) is 4.79 Å². The molecule has 1 heterocycles. The molecule has 0 saturated heterocycles. The van der Waals surface area contributed by atoms with E-state index in [-0.39, 0.29) is 5.78 Å². The Balaban J connectivity index is 1.65. The Morgan fingerprint density at radius 3 is 1.89 bits per heavy atom. The fourth-order valence-electron chi connectivity index (χ4n) is 3.84. The molecule has 5 rings (SSSR count). The van der Waals surface area contributed by atoms with Crippen LogP contribution in [0.5, 0.6) is 0 Å². The van der Waals surface area contributed by atoms with Gasteiger partial charge in [-0.25, -0.2) is 0 Å². The van der Waals surface area contributed by atoms with Gasteiger partial charge < -0.3 is 0 Å². The molecule has 0 aliphatic heterocycles. The second kappa shape index (κ2) is 6.33. The molecule has 4 aromatic carbocycles. The average molecular weight is 348 g/mol. The molecular weight excluding hydrogens is 330 g/mol. The first kappa shape index (κ1) is 15.7. The minimum Gasteiger partial charge on any atom is -0.287 e. The van der Waals surface area contributed by atoms with Crippen LogP contribution in [0.15, 0.2) is 97.3 Å². The number of carbonyl (C=O) groups excluding carboxylic acids is 1. The summed E-state index contributed by atoms with van der Waals surface area (Å²) in [6, 6.07) is 28.7. The highest BCUT2D eigenvalue weighted by Gasteiger charge is 2.18. The van der Waals surface area contributed by atoms with Gasteiger partial charge in [0, 0.05) is 17.0 Å². The Bertz CT molecular complexity index is 1270. The molecular formula is C25H18NO+. The highest BCUT2D eigenvalue weighted by Crippen LogP contribution is 2.28. The van der Waals surface area contributed by atoms with E-state index in [4.69, 9.17) is 0 Å². The number of rotatable bonds is 3. The number of fused-ring (bicyclic) bond motifs is 3. The largest absolute Gasteiger partial charge is 0.287 e. The van der Waals surface area contributed by atoms with E-state index < -0.39 is 0 Å². The number of ketones is 1. The van der Waals surface area contributed by atoms with Gasteiger partial charge >= 0.3 is 0 Å². The first-order chi connectivity index (χ1) is 13.3. The minimum atomic E-state index is 0.128. The highest BCUT2D eigenvalue weighted by atomic mass is 16.1. The number of nitrogens with zero attached hydrogens (tertiary/aromatic N) is 1. The molecule has 0 unspecified atom stereocenters. The molecule has 2 heteroatoms. The van der Waals surface area contributed by atoms with Gasteiger partial charge in [-0.1, -0.05) is 66.7 Å². The van der Waals surface area contributed by atoms with Crippen molar-refractivity contribution < 1.29 is 9.36 Å². The van der Waals surface area contributed by atoms with Gasteiger partial charge in [0.15, 0.2) is 12.4 Å². The SMILES string of the molecule is O=C(C[n+]1ccc2ccccc2c1)c1c2ccccc2cc2ccccc12. The van der Waals surface area contributed by atoms with Crippen LogP contribution in [0.3, 0.4) is 0 Å². The summed E-state index contributed by atoms with van der Waals surface area (Å²) in [5, 5.41) is 6.55. The summed E-state index contributed by atoms with van der Waals surface area (Å²) in [6.07, 6.45) is 4.02. The second-order valence-electron chi connectivity index (χ2n) is 6.86. The van der Waals surface area contributed by atoms with Gasteiger partial charge in [-0.15, -0.1) is 0 Å². The van der Waals surface area contributed by atoms with Crippen LogP contribution in [0, 0.1) is 0 Å². The maximum atomic E-state index is 13.4. The van der Waals surface area contributed by atoms with Gasteiger partial charge in [-0.05, 0) is 39.1 Å². The quantitative estimate of drug-likeness (QED) is 0.246. The van der Waals surface area contributed by atoms with Crippen LogP contribution in [0.25, 0.3) is 32.3 Å². The predicted molar refractivity (Wildman–Crippen MR) is 110 cm³/mol. The van der Waals surface area contributed by atoms with Gasteiger partial charge in [0.2, 0.25) is 12.3 Å². The maximum absolute atomic E-state index is 13.4. The summed E-state index contributed by atoms with van der Waals surface area (Å²) in [6.45, 7) is 0.322. The molecule has 5 aromatic rings. The van der Waals surface area contributed by atoms with Crippen molar-refractivity contribution in [2.45, 2.75) is 6.54 Å². The maximum Gasteiger partial charge on any atom is 0.228 e. The third-order valence-corrected chi connectivity index (χ3v) is 5.12. The zero-order valence-electron chi connectivity index (χ0n) is 14.8. The smallest absolute Gasteiger partial charge is 0.228 e. The summed E-state index contributed by atoms with van der Waals surface area (Å²) >= 11 is 0. The van der Waals surface area contributed by atoms with Crippen LogP contribution < -0.4 is 4.57 Å². The Labute approximate surface area is 157 Å². The normalized spacial score (nSPS) is 11.3. The van der Waals surface area contributed by atoms with E-state index in [0.29, 0.717) is 6.54 Å². The number of hydrogen-bond acceptors (Lipinski definition) is 1. The zero-order chi connectivity index (χ0) is 18.2. The van der Waals surface area contributed by atoms with Crippen molar-refractivity contribution in [3.05, 3.63) is 103 Å². The number of Topliss-reactive ketones (excluding diaryl/α,β-unsaturated/α-hetero) is 1. The van der Waals surface area contributed by atoms with Crippen LogP contribution in [-0.2, 0) is 6.54 Å². The Hall–Kier alpha value is -3.52. The highest BCUT2D eigenvalue weighted by molar-refractivity contribution is 6.18. The van der Waals surface area contributed by atoms with E-state index in [1.54, 1.807) is 0 Å². The fraction of sp³-hybridized carbons (Fsp3) is 0.0400. The monoisotopic (exact) mass is 348 g/mol. The molecule has 128 valence electrons. The summed E-state index contributed by atoms with van der Waals surface area (Å²) < 4.78 is 1.97. The van der Waals surface area contributed by atoms with Crippen molar-refractivity contribution in [1.82, 2.24) is 0 Å². The van der Waals surface area contributed by atoms with Crippen molar-refractivity contribution in [2.75, 3.05) is 0 Å². The van der Waals surface area contributed by atoms with E-state index in [1.165, 1.54) is 5.39 Å². The topological polar surface area (TPSA) is 20.9 Å². The summed E-state index contributed by atoms with van der Waals surface area (Å²) in [5.41, 5.74) is 0.810. The van der Waals surface area contributed by atoms with Gasteiger partial charge in [0.25, 0.3) is 0 Å². The van der Waals surface area contributed by atoms with Crippen LogP contribution in [-0.4, -0.2) is 5.78 Å². The molecule has 2 nitrogen and oxygen atoms in total. The third-order valence-electron chi connectivity index (χ3n) is 5.12. The Kier molecular flexibility index (Phi) is 3.68. The number of benzene rings is 4. The fourth-order valence-corrected chi connectivity index (χ4v) is 3.84. The third kappa shape index (κ3) is 2.76. The van der Waals surface area contributed by atoms with Crippen molar-refractivity contribution in [3.8, 4) is 0 Å². The molecule has 0 aliphatic carbocycles. The summed E-state index contributed by atoms with van der Waals surface area (Å²) in [4.78, 5) is 13.4. The molecule has 0 saturated carbocycles. The summed E-state index contributed by atoms with van der Waals surface area (Å²) in [5.74, 6) is 0.128. The van der Waals surface area contributed by atoms with Gasteiger partial charge in [0.1, 0.15) is 0 Å². The molecule has 0 atom stereocenters. The second-order valence-corrected chi connectivity index (χ2v) is 6.86. The molecule has 27 heavy (non-hydrogen) atoms. The number of hydrogen-bond donors (Lipinski definition) is 0. The van der Waals surface area contributed by atoms with Gasteiger partial charge in [0.05, 0.1) is 0 Å². The number of pyridine rings is 1. The van der Waals surface area contributed by atoms with Crippen LogP contribution in [0.1, 0.15) is 10.4 Å². The zero-order valence-corrected chi connectivity index (χ0v) is 14.8. The van der Waals surface area contributed by atoms with Crippen molar-refractivity contribution in [1.29, 1.82) is 0 Å². The van der Waals surface area contributed by atoms with E-state index in [1.807, 2.05) is 65.5 Å². The first-order valence-electron chi connectivity index (χ1n) is 9.11. The molecule has 1 aromatic heterocycles. The summed E-state index contributed by atoms with van der Waals surface area (Å²) in [7, 11) is 0. The van der Waals surface area contributed by atoms with Gasteiger partial charge in [-0.2, -0.15) is 4.57 Å². The number of aromatic nitrogens is 1. The molecule has 0 N–H and O–H groups in total.